The molecule has 5 aromatic rings. The van der Waals surface area contributed by atoms with Gasteiger partial charge in [0, 0.05) is 67.3 Å². The van der Waals surface area contributed by atoms with Crippen LogP contribution in [0, 0.1) is 28.9 Å². The van der Waals surface area contributed by atoms with E-state index in [0.29, 0.717) is 78.0 Å². The zero-order chi connectivity index (χ0) is 45.1. The summed E-state index contributed by atoms with van der Waals surface area (Å²) in [5, 5.41) is 8.36. The summed E-state index contributed by atoms with van der Waals surface area (Å²) in [6, 6.07) is 16.6. The number of halogens is 2. The van der Waals surface area contributed by atoms with Crippen LogP contribution >= 0.6 is 0 Å². The van der Waals surface area contributed by atoms with E-state index in [1.54, 1.807) is 37.7 Å². The average molecular weight is 888 g/mol. The molecular formula is C49H51F2N7O7. The predicted molar refractivity (Wildman–Crippen MR) is 239 cm³/mol. The molecule has 1 unspecified atom stereocenters. The van der Waals surface area contributed by atoms with Crippen LogP contribution in [0.5, 0.6) is 23.0 Å². The van der Waals surface area contributed by atoms with Gasteiger partial charge >= 0.3 is 0 Å². The number of ether oxygens (including phenoxy) is 3. The molecule has 9 rings (SSSR count). The van der Waals surface area contributed by atoms with Crippen LogP contribution in [0.1, 0.15) is 62.8 Å². The lowest BCUT2D eigenvalue weighted by Crippen LogP contribution is -2.42. The van der Waals surface area contributed by atoms with Gasteiger partial charge in [-0.1, -0.05) is 0 Å². The summed E-state index contributed by atoms with van der Waals surface area (Å²) in [5.41, 5.74) is 1.71. The molecule has 4 aliphatic rings. The van der Waals surface area contributed by atoms with Crippen LogP contribution in [-0.4, -0.2) is 84.9 Å². The van der Waals surface area contributed by atoms with Crippen molar-refractivity contribution in [3.8, 4) is 23.0 Å². The number of rotatable bonds is 14. The van der Waals surface area contributed by atoms with Gasteiger partial charge in [-0.25, -0.2) is 8.78 Å². The quantitative estimate of drug-likeness (QED) is 0.0744. The first-order chi connectivity index (χ1) is 31.5. The molecule has 4 amide bonds. The minimum absolute atomic E-state index is 0.0753. The fourth-order valence-corrected chi connectivity index (χ4v) is 9.09. The number of amides is 4. The smallest absolute Gasteiger partial charge is 0.240 e. The lowest BCUT2D eigenvalue weighted by Gasteiger charge is -2.38. The van der Waals surface area contributed by atoms with Gasteiger partial charge in [-0.3, -0.25) is 34.5 Å². The summed E-state index contributed by atoms with van der Waals surface area (Å²) >= 11 is 0. The Morgan fingerprint density at radius 3 is 2.23 bits per heavy atom. The molecule has 4 fully saturated rings. The number of imide groups is 1. The molecule has 3 N–H and O–H groups in total. The highest BCUT2D eigenvalue weighted by molar-refractivity contribution is 6.17. The van der Waals surface area contributed by atoms with E-state index in [9.17, 15) is 23.6 Å². The second-order valence-electron chi connectivity index (χ2n) is 17.5. The molecule has 3 saturated heterocycles. The first kappa shape index (κ1) is 43.6. The van der Waals surface area contributed by atoms with Crippen LogP contribution in [0.25, 0.3) is 10.9 Å². The molecule has 1 saturated carbocycles. The van der Waals surface area contributed by atoms with Crippen molar-refractivity contribution in [1.29, 1.82) is 0 Å². The number of hydrogen-bond acceptors (Lipinski definition) is 11. The van der Waals surface area contributed by atoms with Gasteiger partial charge in [0.05, 0.1) is 37.0 Å². The Kier molecular flexibility index (Phi) is 12.6. The summed E-state index contributed by atoms with van der Waals surface area (Å²) in [6.45, 7) is 5.47. The Morgan fingerprint density at radius 1 is 0.800 bits per heavy atom. The highest BCUT2D eigenvalue weighted by Crippen LogP contribution is 2.48. The van der Waals surface area contributed by atoms with Crippen molar-refractivity contribution in [3.05, 3.63) is 103 Å². The first-order valence-electron chi connectivity index (χ1n) is 22.2. The van der Waals surface area contributed by atoms with Gasteiger partial charge in [0.2, 0.25) is 23.6 Å². The van der Waals surface area contributed by atoms with E-state index in [4.69, 9.17) is 14.2 Å². The average Bonchev–Trinajstić information content (AvgIpc) is 4.13. The van der Waals surface area contributed by atoms with Crippen molar-refractivity contribution in [2.75, 3.05) is 62.0 Å². The minimum atomic E-state index is -1.30. The van der Waals surface area contributed by atoms with Crippen molar-refractivity contribution in [1.82, 2.24) is 20.2 Å². The van der Waals surface area contributed by atoms with Crippen molar-refractivity contribution in [3.63, 3.8) is 0 Å². The molecule has 2 aromatic heterocycles. The van der Waals surface area contributed by atoms with Gasteiger partial charge in [0.1, 0.15) is 17.0 Å². The van der Waals surface area contributed by atoms with Crippen LogP contribution in [-0.2, 0) is 19.2 Å². The number of carbonyl (C=O) groups excluding carboxylic acids is 4. The standard InChI is InChI=1S/C49H51F2N7O7/c1-63-43-24-38-40(53-17-10-41(38)65-42-8-6-35(23-39(42)51)55-48(62)49(15-16-49)47(61)54-34-4-2-33(50)3-5-34)25-44(43)64-29-31-11-18-57(19-12-31)28-30-13-20-58(21-14-30)36-22-32(26-52-27-36)37-7-9-45(59)56-46(37)60/h2-6,8,10,17,22-27,30-31,37H,7,9,11-16,18-21,28-29H2,1H3,(H,54,61)(H,55,62)(H,56,59,60). The minimum Gasteiger partial charge on any atom is -0.493 e. The van der Waals surface area contributed by atoms with E-state index in [1.807, 2.05) is 6.20 Å². The number of carbonyl (C=O) groups is 4. The zero-order valence-electron chi connectivity index (χ0n) is 36.1. The fraction of sp³-hybridized carbons (Fsp3) is 0.388. The van der Waals surface area contributed by atoms with Crippen LogP contribution in [0.3, 0.4) is 0 Å². The van der Waals surface area contributed by atoms with Crippen LogP contribution < -0.4 is 35.1 Å². The van der Waals surface area contributed by atoms with Crippen molar-refractivity contribution < 1.29 is 42.2 Å². The number of piperidine rings is 3. The number of nitrogens with one attached hydrogen (secondary N) is 3. The van der Waals surface area contributed by atoms with Crippen LogP contribution in [0.2, 0.25) is 0 Å². The van der Waals surface area contributed by atoms with E-state index in [0.717, 1.165) is 75.7 Å². The maximum absolute atomic E-state index is 15.5. The summed E-state index contributed by atoms with van der Waals surface area (Å²) in [7, 11) is 1.56. The summed E-state index contributed by atoms with van der Waals surface area (Å²) < 4.78 is 46.9. The number of likely N-dealkylation sites (tertiary alicyclic amines) is 1. The normalized spacial score (nSPS) is 19.1. The van der Waals surface area contributed by atoms with Crippen molar-refractivity contribution >= 4 is 51.6 Å². The number of methoxy groups -OCH3 is 1. The van der Waals surface area contributed by atoms with Gasteiger partial charge in [-0.15, -0.1) is 0 Å². The Balaban J connectivity index is 0.747. The van der Waals surface area contributed by atoms with E-state index >= 15 is 4.39 Å². The Bertz CT molecular complexity index is 2590. The predicted octanol–water partition coefficient (Wildman–Crippen LogP) is 7.59. The number of benzene rings is 3. The molecule has 0 bridgehead atoms. The van der Waals surface area contributed by atoms with Crippen LogP contribution in [0.4, 0.5) is 25.8 Å². The van der Waals surface area contributed by atoms with E-state index in [2.05, 4.69) is 41.8 Å². The second-order valence-corrected chi connectivity index (χ2v) is 17.5. The highest BCUT2D eigenvalue weighted by Gasteiger charge is 2.56. The van der Waals surface area contributed by atoms with Crippen LogP contribution in [0.15, 0.2) is 85.3 Å². The second kappa shape index (κ2) is 18.8. The summed E-state index contributed by atoms with van der Waals surface area (Å²) in [6.07, 6.45) is 10.9. The number of hydrogen-bond donors (Lipinski definition) is 3. The highest BCUT2D eigenvalue weighted by atomic mass is 19.1. The Morgan fingerprint density at radius 2 is 1.52 bits per heavy atom. The third-order valence-corrected chi connectivity index (χ3v) is 13.2. The topological polar surface area (TPSA) is 164 Å². The monoisotopic (exact) mass is 887 g/mol. The molecule has 1 aliphatic carbocycles. The number of anilines is 3. The molecule has 0 radical (unpaired) electrons. The molecule has 3 aromatic carbocycles. The van der Waals surface area contributed by atoms with Gasteiger partial charge in [-0.05, 0) is 130 Å². The number of nitrogens with zero attached hydrogens (tertiary/aromatic N) is 4. The van der Waals surface area contributed by atoms with Gasteiger partial charge in [-0.2, -0.15) is 0 Å². The maximum atomic E-state index is 15.5. The molecule has 3 aliphatic heterocycles. The molecule has 14 nitrogen and oxygen atoms in total. The van der Waals surface area contributed by atoms with E-state index < -0.39 is 28.9 Å². The Hall–Kier alpha value is -6.68. The van der Waals surface area contributed by atoms with Gasteiger partial charge in [0.15, 0.2) is 23.1 Å². The lowest BCUT2D eigenvalue weighted by molar-refractivity contribution is -0.134. The largest absolute Gasteiger partial charge is 0.493 e. The first-order valence-corrected chi connectivity index (χ1v) is 22.2. The van der Waals surface area contributed by atoms with Crippen molar-refractivity contribution in [2.24, 2.45) is 17.3 Å². The van der Waals surface area contributed by atoms with Crippen molar-refractivity contribution in [2.45, 2.75) is 57.3 Å². The van der Waals surface area contributed by atoms with Gasteiger partial charge < -0.3 is 34.6 Å². The zero-order valence-corrected chi connectivity index (χ0v) is 36.1. The molecule has 16 heteroatoms. The SMILES string of the molecule is COc1cc2c(Oc3ccc(NC(=O)C4(C(=O)Nc5ccc(F)cc5)CC4)cc3F)ccnc2cc1OCC1CCN(CC2CCN(c3cncc(C4CCC(=O)NC4=O)c3)CC2)CC1. The molecule has 5 heterocycles. The lowest BCUT2D eigenvalue weighted by atomic mass is 9.91. The maximum Gasteiger partial charge on any atom is 0.240 e. The van der Waals surface area contributed by atoms with E-state index in [1.165, 1.54) is 36.4 Å². The molecule has 0 spiro atoms. The fourth-order valence-electron chi connectivity index (χ4n) is 9.09. The summed E-state index contributed by atoms with van der Waals surface area (Å²) in [5.74, 6) is -0.721. The third-order valence-electron chi connectivity index (χ3n) is 13.2. The van der Waals surface area contributed by atoms with E-state index in [-0.39, 0.29) is 29.2 Å². The third kappa shape index (κ3) is 9.87. The number of aromatic nitrogens is 2. The number of fused-ring (bicyclic) bond motifs is 1. The molecule has 338 valence electrons. The van der Waals surface area contributed by atoms with Gasteiger partial charge in [0.25, 0.3) is 0 Å². The molecule has 65 heavy (non-hydrogen) atoms. The molecule has 1 atom stereocenters. The summed E-state index contributed by atoms with van der Waals surface area (Å²) in [4.78, 5) is 64.1. The molecular weight excluding hydrogens is 837 g/mol. The number of pyridine rings is 2. The Labute approximate surface area is 375 Å².